The summed E-state index contributed by atoms with van der Waals surface area (Å²) in [7, 11) is 0. The summed E-state index contributed by atoms with van der Waals surface area (Å²) in [4.78, 5) is 30.2. The molecule has 2 aromatic heterocycles. The third kappa shape index (κ3) is 4.08. The summed E-state index contributed by atoms with van der Waals surface area (Å²) < 4.78 is 0. The van der Waals surface area contributed by atoms with E-state index in [0.29, 0.717) is 31.9 Å². The first kappa shape index (κ1) is 19.5. The van der Waals surface area contributed by atoms with E-state index >= 15 is 0 Å². The predicted molar refractivity (Wildman–Crippen MR) is 118 cm³/mol. The van der Waals surface area contributed by atoms with Gasteiger partial charge in [-0.05, 0) is 31.9 Å². The third-order valence-corrected chi connectivity index (χ3v) is 5.81. The Morgan fingerprint density at radius 2 is 1.65 bits per heavy atom. The molecular formula is C22H26N8O. The number of hydrogen-bond acceptors (Lipinski definition) is 7. The summed E-state index contributed by atoms with van der Waals surface area (Å²) in [5.74, 6) is 1.67. The largest absolute Gasteiger partial charge is 0.356 e. The van der Waals surface area contributed by atoms with Gasteiger partial charge in [-0.2, -0.15) is 14.9 Å². The van der Waals surface area contributed by atoms with Crippen molar-refractivity contribution in [2.75, 3.05) is 49.1 Å². The van der Waals surface area contributed by atoms with Crippen LogP contribution in [0.2, 0.25) is 0 Å². The number of benzene rings is 1. The molecule has 2 fully saturated rings. The highest BCUT2D eigenvalue weighted by atomic mass is 16.2. The number of nitrogens with zero attached hydrogens (tertiary/aromatic N) is 8. The summed E-state index contributed by atoms with van der Waals surface area (Å²) in [6.45, 7) is 6.73. The molecule has 0 N–H and O–H groups in total. The molecule has 2 aliphatic rings. The number of para-hydroxylation sites is 1. The molecule has 9 nitrogen and oxygen atoms in total. The van der Waals surface area contributed by atoms with Gasteiger partial charge < -0.3 is 14.7 Å². The van der Waals surface area contributed by atoms with Crippen molar-refractivity contribution in [1.29, 1.82) is 0 Å². The van der Waals surface area contributed by atoms with Gasteiger partial charge >= 0.3 is 0 Å². The zero-order chi connectivity index (χ0) is 21.2. The molecule has 160 valence electrons. The number of rotatable bonds is 4. The highest BCUT2D eigenvalue weighted by Crippen LogP contribution is 2.22. The Bertz CT molecular complexity index is 1050. The van der Waals surface area contributed by atoms with Gasteiger partial charge in [0.05, 0.1) is 11.9 Å². The summed E-state index contributed by atoms with van der Waals surface area (Å²) in [6, 6.07) is 11.6. The van der Waals surface area contributed by atoms with Crippen LogP contribution >= 0.6 is 0 Å². The molecule has 4 heterocycles. The van der Waals surface area contributed by atoms with E-state index in [2.05, 4.69) is 31.0 Å². The van der Waals surface area contributed by atoms with Gasteiger partial charge in [-0.1, -0.05) is 18.2 Å². The SMILES string of the molecule is Cc1cc(N2CCCC2)nc(N2CCN(C(=O)c3cnn(-c4ccccc4)n3)CC2)n1. The average molecular weight is 419 g/mol. The second-order valence-corrected chi connectivity index (χ2v) is 8.00. The molecule has 0 saturated carbocycles. The highest BCUT2D eigenvalue weighted by molar-refractivity contribution is 5.92. The Balaban J connectivity index is 1.25. The predicted octanol–water partition coefficient (Wildman–Crippen LogP) is 1.93. The number of carbonyl (C=O) groups excluding carboxylic acids is 1. The monoisotopic (exact) mass is 418 g/mol. The molecule has 31 heavy (non-hydrogen) atoms. The van der Waals surface area contributed by atoms with E-state index in [1.54, 1.807) is 0 Å². The fourth-order valence-corrected chi connectivity index (χ4v) is 4.10. The molecule has 0 radical (unpaired) electrons. The Labute approximate surface area is 181 Å². The van der Waals surface area contributed by atoms with Crippen molar-refractivity contribution in [2.45, 2.75) is 19.8 Å². The maximum absolute atomic E-state index is 12.9. The topological polar surface area (TPSA) is 83.3 Å². The Morgan fingerprint density at radius 1 is 0.903 bits per heavy atom. The van der Waals surface area contributed by atoms with Crippen LogP contribution in [0.4, 0.5) is 11.8 Å². The van der Waals surface area contributed by atoms with Crippen molar-refractivity contribution in [2.24, 2.45) is 0 Å². The Kier molecular flexibility index (Phi) is 5.23. The molecule has 1 aromatic carbocycles. The first-order valence-corrected chi connectivity index (χ1v) is 10.8. The van der Waals surface area contributed by atoms with Crippen molar-refractivity contribution in [1.82, 2.24) is 29.9 Å². The Morgan fingerprint density at radius 3 is 2.39 bits per heavy atom. The van der Waals surface area contributed by atoms with E-state index in [-0.39, 0.29) is 5.91 Å². The van der Waals surface area contributed by atoms with Gasteiger partial charge in [0.1, 0.15) is 5.82 Å². The quantitative estimate of drug-likeness (QED) is 0.640. The number of piperazine rings is 1. The maximum atomic E-state index is 12.9. The molecule has 9 heteroatoms. The van der Waals surface area contributed by atoms with Crippen LogP contribution in [0.25, 0.3) is 5.69 Å². The summed E-state index contributed by atoms with van der Waals surface area (Å²) in [5, 5.41) is 8.62. The molecule has 0 aliphatic carbocycles. The first-order chi connectivity index (χ1) is 15.2. The van der Waals surface area contributed by atoms with E-state index in [4.69, 9.17) is 4.98 Å². The van der Waals surface area contributed by atoms with Crippen LogP contribution in [-0.4, -0.2) is 75.0 Å². The van der Waals surface area contributed by atoms with Crippen LogP contribution in [0, 0.1) is 6.92 Å². The average Bonchev–Trinajstić information content (AvgIpc) is 3.52. The van der Waals surface area contributed by atoms with E-state index < -0.39 is 0 Å². The molecule has 5 rings (SSSR count). The second kappa shape index (κ2) is 8.33. The minimum atomic E-state index is -0.0928. The van der Waals surface area contributed by atoms with Gasteiger partial charge in [-0.15, -0.1) is 5.10 Å². The lowest BCUT2D eigenvalue weighted by atomic mass is 10.3. The van der Waals surface area contributed by atoms with E-state index in [1.807, 2.05) is 42.2 Å². The molecule has 3 aromatic rings. The molecule has 2 aliphatic heterocycles. The minimum Gasteiger partial charge on any atom is -0.356 e. The number of aromatic nitrogens is 5. The number of amides is 1. The Hall–Kier alpha value is -3.49. The van der Waals surface area contributed by atoms with Gasteiger partial charge in [-0.25, -0.2) is 4.98 Å². The van der Waals surface area contributed by atoms with Crippen molar-refractivity contribution in [3.63, 3.8) is 0 Å². The minimum absolute atomic E-state index is 0.0928. The van der Waals surface area contributed by atoms with Crippen molar-refractivity contribution in [3.05, 3.63) is 54.0 Å². The highest BCUT2D eigenvalue weighted by Gasteiger charge is 2.26. The summed E-state index contributed by atoms with van der Waals surface area (Å²) in [5.41, 5.74) is 2.17. The smallest absolute Gasteiger partial charge is 0.276 e. The van der Waals surface area contributed by atoms with Gasteiger partial charge in [0.15, 0.2) is 5.69 Å². The van der Waals surface area contributed by atoms with E-state index in [1.165, 1.54) is 23.8 Å². The van der Waals surface area contributed by atoms with Crippen molar-refractivity contribution >= 4 is 17.7 Å². The number of hydrogen-bond donors (Lipinski definition) is 0. The fourth-order valence-electron chi connectivity index (χ4n) is 4.10. The maximum Gasteiger partial charge on any atom is 0.276 e. The number of anilines is 2. The zero-order valence-corrected chi connectivity index (χ0v) is 17.7. The van der Waals surface area contributed by atoms with E-state index in [9.17, 15) is 4.79 Å². The van der Waals surface area contributed by atoms with Crippen LogP contribution in [-0.2, 0) is 0 Å². The fraction of sp³-hybridized carbons (Fsp3) is 0.409. The van der Waals surface area contributed by atoms with Crippen molar-refractivity contribution < 1.29 is 4.79 Å². The lowest BCUT2D eigenvalue weighted by molar-refractivity contribution is 0.0740. The second-order valence-electron chi connectivity index (χ2n) is 8.00. The van der Waals surface area contributed by atoms with Gasteiger partial charge in [0, 0.05) is 51.0 Å². The molecule has 0 spiro atoms. The lowest BCUT2D eigenvalue weighted by Crippen LogP contribution is -2.49. The van der Waals surface area contributed by atoms with Crippen molar-refractivity contribution in [3.8, 4) is 5.69 Å². The summed E-state index contributed by atoms with van der Waals surface area (Å²) in [6.07, 6.45) is 3.97. The van der Waals surface area contributed by atoms with E-state index in [0.717, 1.165) is 36.2 Å². The van der Waals surface area contributed by atoms with Crippen LogP contribution < -0.4 is 9.80 Å². The van der Waals surface area contributed by atoms with Gasteiger partial charge in [-0.3, -0.25) is 4.79 Å². The number of carbonyl (C=O) groups is 1. The van der Waals surface area contributed by atoms with Crippen LogP contribution in [0.1, 0.15) is 29.0 Å². The van der Waals surface area contributed by atoms with Gasteiger partial charge in [0.25, 0.3) is 5.91 Å². The normalized spacial score (nSPS) is 16.7. The lowest BCUT2D eigenvalue weighted by Gasteiger charge is -2.34. The van der Waals surface area contributed by atoms with Crippen LogP contribution in [0.3, 0.4) is 0 Å². The summed E-state index contributed by atoms with van der Waals surface area (Å²) >= 11 is 0. The van der Waals surface area contributed by atoms with Gasteiger partial charge in [0.2, 0.25) is 5.95 Å². The first-order valence-electron chi connectivity index (χ1n) is 10.8. The molecule has 0 bridgehead atoms. The molecule has 0 unspecified atom stereocenters. The molecular weight excluding hydrogens is 392 g/mol. The molecule has 2 saturated heterocycles. The van der Waals surface area contributed by atoms with Crippen LogP contribution in [0.15, 0.2) is 42.6 Å². The standard InChI is InChI=1S/C22H26N8O/c1-17-15-20(27-9-5-6-10-27)25-22(24-17)29-13-11-28(12-14-29)21(31)19-16-23-30(26-19)18-7-3-2-4-8-18/h2-4,7-8,15-16H,5-6,9-14H2,1H3. The molecule has 1 amide bonds. The zero-order valence-electron chi connectivity index (χ0n) is 17.7. The third-order valence-electron chi connectivity index (χ3n) is 5.81. The number of aryl methyl sites for hydroxylation is 1. The molecule has 0 atom stereocenters. The van der Waals surface area contributed by atoms with Crippen LogP contribution in [0.5, 0.6) is 0 Å².